The molecule has 2 aromatic carbocycles. The highest BCUT2D eigenvalue weighted by molar-refractivity contribution is 9.09. The van der Waals surface area contributed by atoms with Crippen LogP contribution in [0.3, 0.4) is 0 Å². The summed E-state index contributed by atoms with van der Waals surface area (Å²) >= 11 is 9.75. The van der Waals surface area contributed by atoms with Gasteiger partial charge in [0, 0.05) is 9.85 Å². The smallest absolute Gasteiger partial charge is 0.118 e. The van der Waals surface area contributed by atoms with Gasteiger partial charge in [0.25, 0.3) is 0 Å². The van der Waals surface area contributed by atoms with Crippen molar-refractivity contribution < 1.29 is 4.74 Å². The molecule has 100 valence electrons. The molecule has 0 aliphatic carbocycles. The summed E-state index contributed by atoms with van der Waals surface area (Å²) < 4.78 is 5.16. The fourth-order valence-corrected chi connectivity index (χ4v) is 3.18. The minimum atomic E-state index is 0.290. The van der Waals surface area contributed by atoms with E-state index in [0.717, 1.165) is 17.2 Å². The molecule has 1 nitrogen and oxygen atoms in total. The molecule has 0 saturated heterocycles. The van der Waals surface area contributed by atoms with Gasteiger partial charge >= 0.3 is 0 Å². The van der Waals surface area contributed by atoms with Gasteiger partial charge in [0.05, 0.1) is 7.11 Å². The van der Waals surface area contributed by atoms with Crippen LogP contribution in [0.15, 0.2) is 42.5 Å². The van der Waals surface area contributed by atoms with Crippen LogP contribution in [0.1, 0.15) is 21.5 Å². The van der Waals surface area contributed by atoms with Gasteiger partial charge in [0.2, 0.25) is 0 Å². The highest BCUT2D eigenvalue weighted by atomic mass is 79.9. The van der Waals surface area contributed by atoms with Crippen molar-refractivity contribution in [3.8, 4) is 5.75 Å². The molecule has 0 saturated carbocycles. The van der Waals surface area contributed by atoms with E-state index in [4.69, 9.17) is 16.3 Å². The Bertz CT molecular complexity index is 551. The van der Waals surface area contributed by atoms with E-state index < -0.39 is 0 Å². The van der Waals surface area contributed by atoms with Crippen LogP contribution in [-0.4, -0.2) is 7.11 Å². The first-order valence-corrected chi connectivity index (χ1v) is 7.42. The maximum Gasteiger partial charge on any atom is 0.118 e. The summed E-state index contributed by atoms with van der Waals surface area (Å²) in [5, 5.41) is 0.783. The van der Waals surface area contributed by atoms with Crippen molar-refractivity contribution in [1.82, 2.24) is 0 Å². The fraction of sp³-hybridized carbons (Fsp3) is 0.250. The Balaban J connectivity index is 2.13. The van der Waals surface area contributed by atoms with Crippen LogP contribution in [0.2, 0.25) is 5.02 Å². The lowest BCUT2D eigenvalue weighted by Crippen LogP contribution is -1.98. The van der Waals surface area contributed by atoms with Crippen molar-refractivity contribution in [2.75, 3.05) is 7.11 Å². The number of aryl methyl sites for hydroxylation is 1. The summed E-state index contributed by atoms with van der Waals surface area (Å²) in [6.45, 7) is 2.09. The van der Waals surface area contributed by atoms with E-state index in [-0.39, 0.29) is 4.83 Å². The Hall–Kier alpha value is -0.990. The zero-order valence-electron chi connectivity index (χ0n) is 11.0. The normalized spacial score (nSPS) is 12.2. The molecule has 0 aromatic heterocycles. The summed E-state index contributed by atoms with van der Waals surface area (Å²) in [6.07, 6.45) is 0.937. The number of halogens is 2. The number of benzene rings is 2. The molecule has 0 N–H and O–H groups in total. The first kappa shape index (κ1) is 14.4. The number of methoxy groups -OCH3 is 1. The lowest BCUT2D eigenvalue weighted by molar-refractivity contribution is 0.414. The maximum absolute atomic E-state index is 5.99. The molecule has 1 atom stereocenters. The second-order valence-electron chi connectivity index (χ2n) is 4.52. The molecule has 0 aliphatic rings. The summed E-state index contributed by atoms with van der Waals surface area (Å²) in [4.78, 5) is 0.290. The summed E-state index contributed by atoms with van der Waals surface area (Å²) in [7, 11) is 1.68. The lowest BCUT2D eigenvalue weighted by Gasteiger charge is -2.14. The molecule has 2 rings (SSSR count). The van der Waals surface area contributed by atoms with Gasteiger partial charge in [-0.2, -0.15) is 0 Å². The molecule has 1 unspecified atom stereocenters. The van der Waals surface area contributed by atoms with Gasteiger partial charge in [0.15, 0.2) is 0 Å². The van der Waals surface area contributed by atoms with Gasteiger partial charge in [-0.1, -0.05) is 45.7 Å². The molecule has 0 spiro atoms. The largest absolute Gasteiger partial charge is 0.497 e. The van der Waals surface area contributed by atoms with Crippen LogP contribution < -0.4 is 4.74 Å². The predicted octanol–water partition coefficient (Wildman–Crippen LogP) is 5.34. The molecule has 0 heterocycles. The third-order valence-corrected chi connectivity index (χ3v) is 4.20. The van der Waals surface area contributed by atoms with Gasteiger partial charge in [-0.15, -0.1) is 0 Å². The van der Waals surface area contributed by atoms with E-state index in [2.05, 4.69) is 41.1 Å². The molecule has 0 fully saturated rings. The number of ether oxygens (including phenoxy) is 1. The lowest BCUT2D eigenvalue weighted by atomic mass is 10.0. The quantitative estimate of drug-likeness (QED) is 0.684. The summed E-state index contributed by atoms with van der Waals surface area (Å²) in [5.74, 6) is 0.887. The Morgan fingerprint density at radius 1 is 1.16 bits per heavy atom. The Labute approximate surface area is 127 Å². The molecule has 0 amide bonds. The van der Waals surface area contributed by atoms with Crippen LogP contribution in [-0.2, 0) is 6.42 Å². The standard InChI is InChI=1S/C16H16BrClO/c1-11-9-13(18)5-8-15(11)16(17)10-12-3-6-14(19-2)7-4-12/h3-9,16H,10H2,1-2H3. The number of rotatable bonds is 4. The number of hydrogen-bond donors (Lipinski definition) is 0. The van der Waals surface area contributed by atoms with E-state index in [1.54, 1.807) is 7.11 Å². The van der Waals surface area contributed by atoms with Crippen molar-refractivity contribution in [1.29, 1.82) is 0 Å². The third kappa shape index (κ3) is 3.74. The number of hydrogen-bond acceptors (Lipinski definition) is 1. The minimum Gasteiger partial charge on any atom is -0.497 e. The molecule has 19 heavy (non-hydrogen) atoms. The molecular weight excluding hydrogens is 324 g/mol. The SMILES string of the molecule is COc1ccc(CC(Br)c2ccc(Cl)cc2C)cc1. The van der Waals surface area contributed by atoms with Crippen LogP contribution in [0, 0.1) is 6.92 Å². The van der Waals surface area contributed by atoms with Gasteiger partial charge in [-0.25, -0.2) is 0 Å². The highest BCUT2D eigenvalue weighted by Gasteiger charge is 2.11. The van der Waals surface area contributed by atoms with E-state index >= 15 is 0 Å². The predicted molar refractivity (Wildman–Crippen MR) is 84.6 cm³/mol. The first-order valence-electron chi connectivity index (χ1n) is 6.13. The number of alkyl halides is 1. The highest BCUT2D eigenvalue weighted by Crippen LogP contribution is 2.31. The summed E-state index contributed by atoms with van der Waals surface area (Å²) in [5.41, 5.74) is 3.76. The van der Waals surface area contributed by atoms with Gasteiger partial charge in [0.1, 0.15) is 5.75 Å². The van der Waals surface area contributed by atoms with Crippen LogP contribution in [0.25, 0.3) is 0 Å². The molecular formula is C16H16BrClO. The Kier molecular flexibility index (Phi) is 4.89. The Morgan fingerprint density at radius 3 is 2.42 bits per heavy atom. The molecule has 3 heteroatoms. The molecule has 0 bridgehead atoms. The van der Waals surface area contributed by atoms with Gasteiger partial charge in [-0.05, 0) is 54.3 Å². The van der Waals surface area contributed by atoms with Crippen molar-refractivity contribution in [3.63, 3.8) is 0 Å². The maximum atomic E-state index is 5.99. The van der Waals surface area contributed by atoms with Gasteiger partial charge < -0.3 is 4.74 Å². The Morgan fingerprint density at radius 2 is 1.84 bits per heavy atom. The average Bonchev–Trinajstić information content (AvgIpc) is 2.39. The monoisotopic (exact) mass is 338 g/mol. The first-order chi connectivity index (χ1) is 9.10. The van der Waals surface area contributed by atoms with Crippen molar-refractivity contribution in [3.05, 3.63) is 64.2 Å². The van der Waals surface area contributed by atoms with Crippen molar-refractivity contribution in [2.24, 2.45) is 0 Å². The average molecular weight is 340 g/mol. The zero-order chi connectivity index (χ0) is 13.8. The zero-order valence-corrected chi connectivity index (χ0v) is 13.3. The molecule has 0 aliphatic heterocycles. The second kappa shape index (κ2) is 6.44. The fourth-order valence-electron chi connectivity index (χ4n) is 2.07. The third-order valence-electron chi connectivity index (χ3n) is 3.14. The van der Waals surface area contributed by atoms with Crippen molar-refractivity contribution in [2.45, 2.75) is 18.2 Å². The van der Waals surface area contributed by atoms with Crippen LogP contribution in [0.4, 0.5) is 0 Å². The van der Waals surface area contributed by atoms with E-state index in [1.807, 2.05) is 24.3 Å². The summed E-state index contributed by atoms with van der Waals surface area (Å²) in [6, 6.07) is 14.2. The molecule has 0 radical (unpaired) electrons. The van der Waals surface area contributed by atoms with E-state index in [0.29, 0.717) is 0 Å². The van der Waals surface area contributed by atoms with Crippen LogP contribution in [0.5, 0.6) is 5.75 Å². The topological polar surface area (TPSA) is 9.23 Å². The molecule has 2 aromatic rings. The van der Waals surface area contributed by atoms with Crippen LogP contribution >= 0.6 is 27.5 Å². The van der Waals surface area contributed by atoms with Crippen molar-refractivity contribution >= 4 is 27.5 Å². The van der Waals surface area contributed by atoms with E-state index in [9.17, 15) is 0 Å². The minimum absolute atomic E-state index is 0.290. The second-order valence-corrected chi connectivity index (χ2v) is 6.06. The van der Waals surface area contributed by atoms with Gasteiger partial charge in [-0.3, -0.25) is 0 Å². The van der Waals surface area contributed by atoms with E-state index in [1.165, 1.54) is 16.7 Å².